The van der Waals surface area contributed by atoms with Crippen LogP contribution >= 0.6 is 27.5 Å². The third-order valence-electron chi connectivity index (χ3n) is 4.51. The van der Waals surface area contributed by atoms with Gasteiger partial charge in [-0.2, -0.15) is 0 Å². The van der Waals surface area contributed by atoms with Crippen LogP contribution in [0, 0.1) is 5.53 Å². The molecule has 1 amide bonds. The summed E-state index contributed by atoms with van der Waals surface area (Å²) in [6.07, 6.45) is 1.37. The van der Waals surface area contributed by atoms with Crippen molar-refractivity contribution in [3.8, 4) is 0 Å². The molecule has 0 aliphatic heterocycles. The zero-order valence-electron chi connectivity index (χ0n) is 18.6. The Morgan fingerprint density at radius 2 is 1.97 bits per heavy atom. The summed E-state index contributed by atoms with van der Waals surface area (Å²) >= 11 is 9.18. The lowest BCUT2D eigenvalue weighted by molar-refractivity contribution is -0.155. The van der Waals surface area contributed by atoms with E-state index in [1.54, 1.807) is 45.0 Å². The Hall–Kier alpha value is -3.40. The van der Waals surface area contributed by atoms with E-state index in [0.717, 1.165) is 10.1 Å². The summed E-state index contributed by atoms with van der Waals surface area (Å²) < 4.78 is 6.79. The first-order valence-corrected chi connectivity index (χ1v) is 11.2. The molecule has 10 nitrogen and oxygen atoms in total. The smallest absolute Gasteiger partial charge is 0.326 e. The summed E-state index contributed by atoms with van der Waals surface area (Å²) in [5.41, 5.74) is 6.45. The topological polar surface area (TPSA) is 141 Å². The van der Waals surface area contributed by atoms with Crippen LogP contribution in [0.5, 0.6) is 0 Å². The molecule has 0 saturated heterocycles. The maximum Gasteiger partial charge on any atom is 0.326 e. The van der Waals surface area contributed by atoms with Crippen LogP contribution in [-0.4, -0.2) is 27.0 Å². The molecule has 0 atom stereocenters. The van der Waals surface area contributed by atoms with Gasteiger partial charge in [0.15, 0.2) is 10.8 Å². The number of nitrogens with one attached hydrogen (secondary N) is 2. The van der Waals surface area contributed by atoms with E-state index in [0.29, 0.717) is 9.50 Å². The zero-order chi connectivity index (χ0) is 25.0. The molecule has 12 heteroatoms. The van der Waals surface area contributed by atoms with Crippen molar-refractivity contribution in [2.75, 3.05) is 0 Å². The van der Waals surface area contributed by atoms with Crippen LogP contribution in [-0.2, 0) is 22.6 Å². The van der Waals surface area contributed by atoms with Gasteiger partial charge in [0.05, 0.1) is 9.86 Å². The van der Waals surface area contributed by atoms with E-state index in [4.69, 9.17) is 21.9 Å². The number of carbonyl (C=O) groups excluding carboxylic acids is 2. The second-order valence-corrected chi connectivity index (χ2v) is 9.53. The van der Waals surface area contributed by atoms with Crippen LogP contribution in [0.25, 0.3) is 11.0 Å². The Morgan fingerprint density at radius 3 is 2.59 bits per heavy atom. The van der Waals surface area contributed by atoms with E-state index in [9.17, 15) is 14.4 Å². The van der Waals surface area contributed by atoms with Gasteiger partial charge in [-0.05, 0) is 60.5 Å². The van der Waals surface area contributed by atoms with Crippen LogP contribution in [0.2, 0.25) is 5.02 Å². The maximum atomic E-state index is 13.3. The van der Waals surface area contributed by atoms with Gasteiger partial charge in [0, 0.05) is 17.8 Å². The standard InChI is InChI=1S/C22H20BrClN6O4/c1-22(2,3)34-17(31)11-30-19-14(18(28-29-25)16(23)10-26-19)8-15(21(30)33)20(32)27-9-12-4-6-13(24)7-5-12/h4-8,10,25H,9,11H2,1-3H3/p+1. The van der Waals surface area contributed by atoms with E-state index in [1.807, 2.05) is 0 Å². The zero-order valence-corrected chi connectivity index (χ0v) is 20.9. The van der Waals surface area contributed by atoms with Gasteiger partial charge in [-0.3, -0.25) is 19.0 Å². The first-order valence-electron chi connectivity index (χ1n) is 10.0. The molecule has 176 valence electrons. The third kappa shape index (κ3) is 5.93. The number of aromatic nitrogens is 2. The van der Waals surface area contributed by atoms with Gasteiger partial charge < -0.3 is 10.1 Å². The molecule has 2 aromatic heterocycles. The number of nitrogens with zero attached hydrogens (tertiary/aromatic N) is 4. The average Bonchev–Trinajstić information content (AvgIpc) is 2.75. The van der Waals surface area contributed by atoms with Crippen molar-refractivity contribution in [1.29, 1.82) is 5.53 Å². The number of halogens is 2. The van der Waals surface area contributed by atoms with Gasteiger partial charge in [-0.1, -0.05) is 23.7 Å². The molecule has 0 radical (unpaired) electrons. The highest BCUT2D eigenvalue weighted by Gasteiger charge is 2.24. The summed E-state index contributed by atoms with van der Waals surface area (Å²) in [7, 11) is 0. The number of hydrogen-bond acceptors (Lipinski definition) is 7. The Labute approximate surface area is 207 Å². The Morgan fingerprint density at radius 1 is 1.29 bits per heavy atom. The minimum Gasteiger partial charge on any atom is -0.459 e. The molecule has 0 unspecified atom stereocenters. The van der Waals surface area contributed by atoms with E-state index in [2.05, 4.69) is 36.3 Å². The predicted molar refractivity (Wildman–Crippen MR) is 129 cm³/mol. The van der Waals surface area contributed by atoms with Crippen molar-refractivity contribution in [1.82, 2.24) is 19.8 Å². The number of carbonyl (C=O) groups is 2. The molecule has 0 spiro atoms. The van der Waals surface area contributed by atoms with Gasteiger partial charge >= 0.3 is 5.97 Å². The number of pyridine rings is 2. The lowest BCUT2D eigenvalue weighted by Crippen LogP contribution is -2.36. The van der Waals surface area contributed by atoms with E-state index >= 15 is 0 Å². The monoisotopic (exact) mass is 547 g/mol. The molecule has 2 N–H and O–H groups in total. The van der Waals surface area contributed by atoms with Crippen molar-refractivity contribution in [2.45, 2.75) is 39.5 Å². The molecule has 0 fully saturated rings. The Bertz CT molecular complexity index is 1380. The number of ether oxygens (including phenoxy) is 1. The van der Waals surface area contributed by atoms with Gasteiger partial charge in [0.25, 0.3) is 11.5 Å². The maximum absolute atomic E-state index is 13.3. The molecule has 3 rings (SSSR count). The van der Waals surface area contributed by atoms with Crippen molar-refractivity contribution in [3.63, 3.8) is 0 Å². The van der Waals surface area contributed by atoms with Gasteiger partial charge in [-0.15, -0.1) is 0 Å². The number of benzene rings is 1. The molecule has 2 heterocycles. The van der Waals surface area contributed by atoms with E-state index in [1.165, 1.54) is 12.3 Å². The van der Waals surface area contributed by atoms with Crippen LogP contribution < -0.4 is 15.8 Å². The second-order valence-electron chi connectivity index (χ2n) is 8.24. The van der Waals surface area contributed by atoms with Gasteiger partial charge in [0.2, 0.25) is 4.91 Å². The van der Waals surface area contributed by atoms with Crippen molar-refractivity contribution >= 4 is 56.1 Å². The molecule has 0 aliphatic rings. The molecule has 0 aliphatic carbocycles. The molecular formula is C22H21BrClN6O4+. The number of esters is 1. The Kier molecular flexibility index (Phi) is 7.61. The fourth-order valence-electron chi connectivity index (χ4n) is 3.12. The average molecular weight is 549 g/mol. The second kappa shape index (κ2) is 10.3. The van der Waals surface area contributed by atoms with Crippen LogP contribution in [0.15, 0.2) is 50.9 Å². The highest BCUT2D eigenvalue weighted by atomic mass is 79.9. The molecule has 3 aromatic rings. The number of amides is 1. The van der Waals surface area contributed by atoms with Crippen LogP contribution in [0.4, 0.5) is 5.69 Å². The van der Waals surface area contributed by atoms with Crippen molar-refractivity contribution in [2.24, 2.45) is 5.11 Å². The molecular weight excluding hydrogens is 528 g/mol. The lowest BCUT2D eigenvalue weighted by Gasteiger charge is -2.20. The number of fused-ring (bicyclic) bond motifs is 1. The minimum absolute atomic E-state index is 0.0933. The largest absolute Gasteiger partial charge is 0.459 e. The van der Waals surface area contributed by atoms with Gasteiger partial charge in [0.1, 0.15) is 28.9 Å². The van der Waals surface area contributed by atoms with Crippen molar-refractivity contribution in [3.05, 3.63) is 67.5 Å². The quantitative estimate of drug-likeness (QED) is 0.269. The molecule has 1 aromatic carbocycles. The normalized spacial score (nSPS) is 11.1. The fourth-order valence-corrected chi connectivity index (χ4v) is 3.64. The number of rotatable bonds is 6. The molecule has 0 bridgehead atoms. The first-order chi connectivity index (χ1) is 16.0. The highest BCUT2D eigenvalue weighted by molar-refractivity contribution is 9.10. The van der Waals surface area contributed by atoms with E-state index < -0.39 is 29.6 Å². The Balaban J connectivity index is 2.10. The molecule has 34 heavy (non-hydrogen) atoms. The molecule has 0 saturated carbocycles. The lowest BCUT2D eigenvalue weighted by atomic mass is 10.1. The highest BCUT2D eigenvalue weighted by Crippen LogP contribution is 2.32. The van der Waals surface area contributed by atoms with Crippen LogP contribution in [0.3, 0.4) is 0 Å². The fraction of sp³-hybridized carbons (Fsp3) is 0.273. The SMILES string of the molecule is CC(C)(C)OC(=O)Cn1c(=O)c(C(=O)NCc2ccc(Cl)cc2)cc2c(N=[N+]=N)c(Br)cnc21. The summed E-state index contributed by atoms with van der Waals surface area (Å²) in [5.74, 6) is -1.34. The van der Waals surface area contributed by atoms with Gasteiger partial charge in [-0.25, -0.2) is 4.98 Å². The third-order valence-corrected chi connectivity index (χ3v) is 5.34. The summed E-state index contributed by atoms with van der Waals surface area (Å²) in [6, 6.07) is 8.19. The number of hydrogen-bond donors (Lipinski definition) is 2. The van der Waals surface area contributed by atoms with E-state index in [-0.39, 0.29) is 28.8 Å². The van der Waals surface area contributed by atoms with Crippen molar-refractivity contribution < 1.29 is 14.3 Å². The summed E-state index contributed by atoms with van der Waals surface area (Å²) in [6.45, 7) is 4.78. The predicted octanol–water partition coefficient (Wildman–Crippen LogP) is 4.27. The minimum atomic E-state index is -0.773. The first kappa shape index (κ1) is 25.2. The summed E-state index contributed by atoms with van der Waals surface area (Å²) in [5, 5.41) is 7.28. The summed E-state index contributed by atoms with van der Waals surface area (Å²) in [4.78, 5) is 46.1. The van der Waals surface area contributed by atoms with Crippen LogP contribution in [0.1, 0.15) is 36.7 Å².